The van der Waals surface area contributed by atoms with Crippen LogP contribution in [-0.4, -0.2) is 34.0 Å². The largest absolute Gasteiger partial charge is 0.458 e. The number of esters is 1. The summed E-state index contributed by atoms with van der Waals surface area (Å²) in [5.41, 5.74) is -6.74. The molecule has 0 aliphatic heterocycles. The maximum absolute atomic E-state index is 12.4. The minimum atomic E-state index is -6.38. The first-order valence-electron chi connectivity index (χ1n) is 5.67. The van der Waals surface area contributed by atoms with Crippen LogP contribution in [0.15, 0.2) is 18.2 Å². The molecule has 0 aromatic heterocycles. The van der Waals surface area contributed by atoms with Crippen LogP contribution in [0.3, 0.4) is 0 Å². The summed E-state index contributed by atoms with van der Waals surface area (Å²) in [7, 11) is 0. The van der Waals surface area contributed by atoms with Crippen molar-refractivity contribution in [3.8, 4) is 0 Å². The SMILES string of the molecule is O=C(OCc1ccc(Cl)c([N+](=O)[O-])c1)C(O)(C(F)(F)F)C(F)(F)F. The van der Waals surface area contributed by atoms with Crippen LogP contribution in [0.2, 0.25) is 5.02 Å². The number of hydrogen-bond acceptors (Lipinski definition) is 5. The summed E-state index contributed by atoms with van der Waals surface area (Å²) in [6, 6.07) is 2.60. The molecular formula is C11H6ClF6NO5. The second-order valence-electron chi connectivity index (χ2n) is 4.32. The molecule has 24 heavy (non-hydrogen) atoms. The summed E-state index contributed by atoms with van der Waals surface area (Å²) < 4.78 is 78.4. The maximum atomic E-state index is 12.4. The Balaban J connectivity index is 3.04. The highest BCUT2D eigenvalue weighted by atomic mass is 35.5. The molecule has 1 rings (SSSR count). The molecule has 0 amide bonds. The summed E-state index contributed by atoms with van der Waals surface area (Å²) in [6.07, 6.45) is -12.8. The predicted octanol–water partition coefficient (Wildman–Crippen LogP) is 3.15. The molecule has 1 aromatic carbocycles. The van der Waals surface area contributed by atoms with Crippen LogP contribution in [0.4, 0.5) is 32.0 Å². The molecule has 0 heterocycles. The third-order valence-electron chi connectivity index (χ3n) is 2.69. The fraction of sp³-hybridized carbons (Fsp3) is 0.364. The van der Waals surface area contributed by atoms with E-state index in [-0.39, 0.29) is 10.6 Å². The van der Waals surface area contributed by atoms with Crippen LogP contribution in [0.25, 0.3) is 0 Å². The van der Waals surface area contributed by atoms with Crippen molar-refractivity contribution in [2.75, 3.05) is 0 Å². The number of carbonyl (C=O) groups is 1. The van der Waals surface area contributed by atoms with E-state index in [0.29, 0.717) is 6.07 Å². The van der Waals surface area contributed by atoms with E-state index in [1.165, 1.54) is 0 Å². The normalized spacial score (nSPS) is 12.8. The van der Waals surface area contributed by atoms with Gasteiger partial charge in [-0.05, 0) is 11.6 Å². The third kappa shape index (κ3) is 3.70. The van der Waals surface area contributed by atoms with E-state index in [1.54, 1.807) is 0 Å². The monoisotopic (exact) mass is 381 g/mol. The fourth-order valence-electron chi connectivity index (χ4n) is 1.43. The first kappa shape index (κ1) is 20.0. The number of benzene rings is 1. The number of nitro benzene ring substituents is 1. The highest BCUT2D eigenvalue weighted by Gasteiger charge is 2.76. The molecular weight excluding hydrogens is 376 g/mol. The van der Waals surface area contributed by atoms with Crippen LogP contribution in [-0.2, 0) is 16.1 Å². The zero-order chi connectivity index (χ0) is 18.9. The summed E-state index contributed by atoms with van der Waals surface area (Å²) in [5.74, 6) is -3.01. The van der Waals surface area contributed by atoms with Crippen molar-refractivity contribution >= 4 is 23.3 Å². The van der Waals surface area contributed by atoms with Gasteiger partial charge in [0.1, 0.15) is 11.6 Å². The molecule has 0 saturated carbocycles. The van der Waals surface area contributed by atoms with E-state index in [2.05, 4.69) is 4.74 Å². The highest BCUT2D eigenvalue weighted by molar-refractivity contribution is 6.32. The first-order chi connectivity index (χ1) is 10.7. The number of hydrogen-bond donors (Lipinski definition) is 1. The van der Waals surface area contributed by atoms with E-state index < -0.39 is 41.1 Å². The van der Waals surface area contributed by atoms with Crippen molar-refractivity contribution in [2.45, 2.75) is 24.6 Å². The molecule has 0 saturated heterocycles. The molecule has 0 aliphatic carbocycles. The van der Waals surface area contributed by atoms with Gasteiger partial charge in [-0.1, -0.05) is 17.7 Å². The zero-order valence-corrected chi connectivity index (χ0v) is 11.9. The number of alkyl halides is 6. The van der Waals surface area contributed by atoms with Gasteiger partial charge in [-0.15, -0.1) is 0 Å². The summed E-state index contributed by atoms with van der Waals surface area (Å²) in [4.78, 5) is 20.8. The van der Waals surface area contributed by atoms with Crippen LogP contribution >= 0.6 is 11.6 Å². The lowest BCUT2D eigenvalue weighted by Crippen LogP contribution is -2.62. The zero-order valence-electron chi connectivity index (χ0n) is 11.1. The van der Waals surface area contributed by atoms with Gasteiger partial charge in [0, 0.05) is 6.07 Å². The number of rotatable bonds is 4. The average molecular weight is 382 g/mol. The maximum Gasteiger partial charge on any atom is 0.437 e. The van der Waals surface area contributed by atoms with E-state index in [1.807, 2.05) is 0 Å². The Bertz CT molecular complexity index is 645. The molecule has 1 N–H and O–H groups in total. The lowest BCUT2D eigenvalue weighted by Gasteiger charge is -2.29. The van der Waals surface area contributed by atoms with Crippen LogP contribution < -0.4 is 0 Å². The molecule has 0 aliphatic rings. The Kier molecular flexibility index (Phi) is 5.35. The van der Waals surface area contributed by atoms with Crippen molar-refractivity contribution < 1.29 is 45.9 Å². The van der Waals surface area contributed by atoms with E-state index >= 15 is 0 Å². The summed E-state index contributed by atoms with van der Waals surface area (Å²) in [6.45, 7) is -1.19. The van der Waals surface area contributed by atoms with Crippen molar-refractivity contribution in [3.05, 3.63) is 38.9 Å². The molecule has 1 aromatic rings. The topological polar surface area (TPSA) is 89.7 Å². The van der Waals surface area contributed by atoms with Gasteiger partial charge in [-0.2, -0.15) is 26.3 Å². The van der Waals surface area contributed by atoms with Gasteiger partial charge in [-0.3, -0.25) is 10.1 Å². The number of halogens is 7. The van der Waals surface area contributed by atoms with E-state index in [9.17, 15) is 41.3 Å². The highest BCUT2D eigenvalue weighted by Crippen LogP contribution is 2.44. The van der Waals surface area contributed by atoms with Crippen molar-refractivity contribution in [1.82, 2.24) is 0 Å². The standard InChI is InChI=1S/C11H6ClF6NO5/c12-6-2-1-5(3-7(6)19(22)23)4-24-8(20)9(21,10(13,14)15)11(16,17)18/h1-3,21H,4H2. The Morgan fingerprint density at radius 2 is 1.71 bits per heavy atom. The Hall–Kier alpha value is -2.08. The van der Waals surface area contributed by atoms with Crippen LogP contribution in [0, 0.1) is 10.1 Å². The van der Waals surface area contributed by atoms with Gasteiger partial charge in [0.25, 0.3) is 5.69 Å². The minimum absolute atomic E-state index is 0.314. The number of nitrogens with zero attached hydrogens (tertiary/aromatic N) is 1. The van der Waals surface area contributed by atoms with Crippen molar-refractivity contribution in [3.63, 3.8) is 0 Å². The van der Waals surface area contributed by atoms with Crippen molar-refractivity contribution in [1.29, 1.82) is 0 Å². The second kappa shape index (κ2) is 6.43. The molecule has 13 heteroatoms. The third-order valence-corrected chi connectivity index (χ3v) is 3.01. The number of ether oxygens (including phenoxy) is 1. The lowest BCUT2D eigenvalue weighted by molar-refractivity contribution is -0.384. The molecule has 0 bridgehead atoms. The Labute approximate surface area is 133 Å². The molecule has 0 radical (unpaired) electrons. The van der Waals surface area contributed by atoms with Gasteiger partial charge >= 0.3 is 23.9 Å². The van der Waals surface area contributed by atoms with Gasteiger partial charge in [0.2, 0.25) is 0 Å². The molecule has 6 nitrogen and oxygen atoms in total. The minimum Gasteiger partial charge on any atom is -0.458 e. The Morgan fingerprint density at radius 3 is 2.12 bits per heavy atom. The molecule has 0 atom stereocenters. The lowest BCUT2D eigenvalue weighted by atomic mass is 10.0. The van der Waals surface area contributed by atoms with Crippen LogP contribution in [0.5, 0.6) is 0 Å². The molecule has 134 valence electrons. The number of carbonyl (C=O) groups excluding carboxylic acids is 1. The van der Waals surface area contributed by atoms with Crippen molar-refractivity contribution in [2.24, 2.45) is 0 Å². The van der Waals surface area contributed by atoms with E-state index in [0.717, 1.165) is 12.1 Å². The second-order valence-corrected chi connectivity index (χ2v) is 4.73. The smallest absolute Gasteiger partial charge is 0.437 e. The number of nitro groups is 1. The van der Waals surface area contributed by atoms with Gasteiger partial charge in [-0.25, -0.2) is 4.79 Å². The fourth-order valence-corrected chi connectivity index (χ4v) is 1.62. The quantitative estimate of drug-likeness (QED) is 0.374. The number of aliphatic hydroxyl groups is 1. The Morgan fingerprint density at radius 1 is 1.21 bits per heavy atom. The van der Waals surface area contributed by atoms with Gasteiger partial charge in [0.15, 0.2) is 0 Å². The first-order valence-corrected chi connectivity index (χ1v) is 6.05. The summed E-state index contributed by atoms with van der Waals surface area (Å²) in [5, 5.41) is 19.0. The molecule has 0 spiro atoms. The molecule has 0 unspecified atom stereocenters. The van der Waals surface area contributed by atoms with Gasteiger partial charge < -0.3 is 9.84 Å². The molecule has 0 fully saturated rings. The predicted molar refractivity (Wildman–Crippen MR) is 65.0 cm³/mol. The average Bonchev–Trinajstić information content (AvgIpc) is 2.42. The van der Waals surface area contributed by atoms with Gasteiger partial charge in [0.05, 0.1) is 4.92 Å². The van der Waals surface area contributed by atoms with E-state index in [4.69, 9.17) is 16.7 Å². The summed E-state index contributed by atoms with van der Waals surface area (Å²) >= 11 is 5.46. The van der Waals surface area contributed by atoms with Crippen LogP contribution in [0.1, 0.15) is 5.56 Å².